The highest BCUT2D eigenvalue weighted by Gasteiger charge is 2.67. The molecule has 164 valence electrons. The zero-order chi connectivity index (χ0) is 23.2. The average molecular weight is 436 g/mol. The number of imide groups is 1. The van der Waals surface area contributed by atoms with Crippen molar-refractivity contribution >= 4 is 34.9 Å². The quantitative estimate of drug-likeness (QED) is 0.329. The van der Waals surface area contributed by atoms with Gasteiger partial charge in [-0.25, -0.2) is 9.69 Å². The van der Waals surface area contributed by atoms with Crippen molar-refractivity contribution in [2.45, 2.75) is 26.3 Å². The van der Waals surface area contributed by atoms with Gasteiger partial charge in [-0.1, -0.05) is 35.9 Å². The molecule has 0 radical (unpaired) electrons. The van der Waals surface area contributed by atoms with Gasteiger partial charge in [0.25, 0.3) is 11.6 Å². The Morgan fingerprint density at radius 2 is 1.91 bits per heavy atom. The third-order valence-electron chi connectivity index (χ3n) is 5.70. The van der Waals surface area contributed by atoms with Crippen molar-refractivity contribution in [2.24, 2.45) is 11.0 Å². The summed E-state index contributed by atoms with van der Waals surface area (Å²) in [6, 6.07) is 10.9. The first-order valence-corrected chi connectivity index (χ1v) is 9.94. The van der Waals surface area contributed by atoms with Crippen molar-refractivity contribution < 1.29 is 24.0 Å². The maximum atomic E-state index is 13.8. The van der Waals surface area contributed by atoms with Gasteiger partial charge in [0.15, 0.2) is 11.3 Å². The molecular formula is C22H20N4O6. The van der Waals surface area contributed by atoms with Crippen LogP contribution in [0.2, 0.25) is 0 Å². The van der Waals surface area contributed by atoms with Crippen LogP contribution in [-0.2, 0) is 24.7 Å². The standard InChI is InChI=1S/C22H20N4O6/c1-4-32-20(28)18-17-19(27)25(16-11-15(26(30)31)10-7-13(16)3)21(29)22(17,24-23-18)14-8-5-12(2)6-9-14/h5-11,17,24H,4H2,1-3H3/t17-,22+/m1/s1. The largest absolute Gasteiger partial charge is 0.461 e. The zero-order valence-corrected chi connectivity index (χ0v) is 17.6. The van der Waals surface area contributed by atoms with Gasteiger partial charge in [0.2, 0.25) is 5.91 Å². The Morgan fingerprint density at radius 3 is 2.53 bits per heavy atom. The van der Waals surface area contributed by atoms with Crippen LogP contribution in [0.3, 0.4) is 0 Å². The molecule has 2 aliphatic heterocycles. The molecule has 10 heteroatoms. The lowest BCUT2D eigenvalue weighted by molar-refractivity contribution is -0.384. The van der Waals surface area contributed by atoms with E-state index in [1.54, 1.807) is 38.1 Å². The molecule has 0 aromatic heterocycles. The highest BCUT2D eigenvalue weighted by molar-refractivity contribution is 6.47. The van der Waals surface area contributed by atoms with Gasteiger partial charge in [0, 0.05) is 12.1 Å². The summed E-state index contributed by atoms with van der Waals surface area (Å²) in [6.45, 7) is 5.20. The van der Waals surface area contributed by atoms with E-state index in [-0.39, 0.29) is 23.7 Å². The fraction of sp³-hybridized carbons (Fsp3) is 0.273. The van der Waals surface area contributed by atoms with Crippen LogP contribution in [-0.4, -0.2) is 35.0 Å². The second kappa shape index (κ2) is 7.56. The normalized spacial score (nSPS) is 21.8. The van der Waals surface area contributed by atoms with E-state index in [1.165, 1.54) is 18.2 Å². The lowest BCUT2D eigenvalue weighted by atomic mass is 9.78. The van der Waals surface area contributed by atoms with Gasteiger partial charge in [-0.05, 0) is 31.9 Å². The molecule has 10 nitrogen and oxygen atoms in total. The summed E-state index contributed by atoms with van der Waals surface area (Å²) in [7, 11) is 0. The van der Waals surface area contributed by atoms with Crippen molar-refractivity contribution in [3.05, 3.63) is 69.3 Å². The first kappa shape index (κ1) is 21.2. The summed E-state index contributed by atoms with van der Waals surface area (Å²) < 4.78 is 5.05. The number of esters is 1. The molecule has 1 fully saturated rings. The van der Waals surface area contributed by atoms with Gasteiger partial charge in [-0.2, -0.15) is 5.10 Å². The number of nitro benzene ring substituents is 1. The lowest BCUT2D eigenvalue weighted by Gasteiger charge is -2.26. The van der Waals surface area contributed by atoms with E-state index in [2.05, 4.69) is 10.5 Å². The van der Waals surface area contributed by atoms with Gasteiger partial charge in [0.05, 0.1) is 17.2 Å². The van der Waals surface area contributed by atoms with Crippen LogP contribution in [0.15, 0.2) is 47.6 Å². The van der Waals surface area contributed by atoms with E-state index < -0.39 is 34.2 Å². The SMILES string of the molecule is CCOC(=O)C1=NN[C@]2(c3ccc(C)cc3)C(=O)N(c3cc([N+](=O)[O-])ccc3C)C(=O)[C@@H]12. The molecular weight excluding hydrogens is 416 g/mol. The number of hydrogen-bond acceptors (Lipinski definition) is 8. The third kappa shape index (κ3) is 2.95. The van der Waals surface area contributed by atoms with Crippen molar-refractivity contribution in [3.63, 3.8) is 0 Å². The van der Waals surface area contributed by atoms with Crippen LogP contribution >= 0.6 is 0 Å². The predicted octanol–water partition coefficient (Wildman–Crippen LogP) is 2.12. The van der Waals surface area contributed by atoms with Crippen LogP contribution in [0.4, 0.5) is 11.4 Å². The first-order valence-electron chi connectivity index (χ1n) is 9.94. The number of hydrazone groups is 1. The van der Waals surface area contributed by atoms with Gasteiger partial charge in [0.1, 0.15) is 5.92 Å². The Balaban J connectivity index is 1.90. The fourth-order valence-electron chi connectivity index (χ4n) is 4.08. The summed E-state index contributed by atoms with van der Waals surface area (Å²) in [6.07, 6.45) is 0. The minimum absolute atomic E-state index is 0.0674. The number of nitrogens with zero attached hydrogens (tertiary/aromatic N) is 3. The predicted molar refractivity (Wildman–Crippen MR) is 114 cm³/mol. The molecule has 1 saturated heterocycles. The second-order valence-corrected chi connectivity index (χ2v) is 7.64. The van der Waals surface area contributed by atoms with E-state index in [9.17, 15) is 24.5 Å². The van der Waals surface area contributed by atoms with Crippen LogP contribution in [0.25, 0.3) is 0 Å². The monoisotopic (exact) mass is 436 g/mol. The van der Waals surface area contributed by atoms with Gasteiger partial charge in [-0.15, -0.1) is 0 Å². The number of carbonyl (C=O) groups is 3. The van der Waals surface area contributed by atoms with Crippen molar-refractivity contribution in [1.82, 2.24) is 5.43 Å². The zero-order valence-electron chi connectivity index (χ0n) is 17.6. The summed E-state index contributed by atoms with van der Waals surface area (Å²) >= 11 is 0. The van der Waals surface area contributed by atoms with E-state index in [0.29, 0.717) is 11.1 Å². The number of hydrogen-bond donors (Lipinski definition) is 1. The lowest BCUT2D eigenvalue weighted by Crippen LogP contribution is -2.48. The minimum Gasteiger partial charge on any atom is -0.461 e. The highest BCUT2D eigenvalue weighted by atomic mass is 16.6. The van der Waals surface area contributed by atoms with Gasteiger partial charge < -0.3 is 4.74 Å². The number of ether oxygens (including phenoxy) is 1. The van der Waals surface area contributed by atoms with E-state index in [0.717, 1.165) is 10.5 Å². The second-order valence-electron chi connectivity index (χ2n) is 7.64. The Kier molecular flexibility index (Phi) is 5.00. The molecule has 0 saturated carbocycles. The smallest absolute Gasteiger partial charge is 0.355 e. The maximum absolute atomic E-state index is 13.8. The molecule has 2 aliphatic rings. The number of rotatable bonds is 5. The number of aryl methyl sites for hydroxylation is 2. The molecule has 0 unspecified atom stereocenters. The maximum Gasteiger partial charge on any atom is 0.355 e. The Bertz CT molecular complexity index is 1190. The Morgan fingerprint density at radius 1 is 1.22 bits per heavy atom. The molecule has 2 amide bonds. The molecule has 2 aromatic carbocycles. The molecule has 0 aliphatic carbocycles. The molecule has 1 N–H and O–H groups in total. The summed E-state index contributed by atoms with van der Waals surface area (Å²) in [5, 5.41) is 15.3. The van der Waals surface area contributed by atoms with Gasteiger partial charge in [-0.3, -0.25) is 25.1 Å². The third-order valence-corrected chi connectivity index (χ3v) is 5.70. The number of carbonyl (C=O) groups excluding carboxylic acids is 3. The first-order chi connectivity index (χ1) is 15.2. The summed E-state index contributed by atoms with van der Waals surface area (Å²) in [4.78, 5) is 51.6. The average Bonchev–Trinajstić information content (AvgIpc) is 3.25. The van der Waals surface area contributed by atoms with E-state index >= 15 is 0 Å². The van der Waals surface area contributed by atoms with Gasteiger partial charge >= 0.3 is 5.97 Å². The number of amides is 2. The topological polar surface area (TPSA) is 131 Å². The molecule has 2 atom stereocenters. The Hall–Kier alpha value is -4.08. The fourth-order valence-corrected chi connectivity index (χ4v) is 4.08. The number of nitrogens with one attached hydrogen (secondary N) is 1. The summed E-state index contributed by atoms with van der Waals surface area (Å²) in [5.41, 5.74) is 2.56. The molecule has 32 heavy (non-hydrogen) atoms. The van der Waals surface area contributed by atoms with Crippen LogP contribution < -0.4 is 10.3 Å². The van der Waals surface area contributed by atoms with Crippen LogP contribution in [0.1, 0.15) is 23.6 Å². The number of anilines is 1. The number of benzene rings is 2. The number of nitro groups is 1. The Labute approximate surface area is 183 Å². The van der Waals surface area contributed by atoms with Crippen LogP contribution in [0.5, 0.6) is 0 Å². The molecule has 2 heterocycles. The highest BCUT2D eigenvalue weighted by Crippen LogP contribution is 2.46. The van der Waals surface area contributed by atoms with Crippen molar-refractivity contribution in [3.8, 4) is 0 Å². The molecule has 4 rings (SSSR count). The molecule has 0 spiro atoms. The molecule has 0 bridgehead atoms. The summed E-state index contributed by atoms with van der Waals surface area (Å²) in [5.74, 6) is -3.48. The number of fused-ring (bicyclic) bond motifs is 1. The number of non-ortho nitro benzene ring substituents is 1. The minimum atomic E-state index is -1.66. The van der Waals surface area contributed by atoms with E-state index in [4.69, 9.17) is 4.74 Å². The van der Waals surface area contributed by atoms with Crippen molar-refractivity contribution in [2.75, 3.05) is 11.5 Å². The van der Waals surface area contributed by atoms with Crippen LogP contribution in [0, 0.1) is 29.9 Å². The van der Waals surface area contributed by atoms with Crippen molar-refractivity contribution in [1.29, 1.82) is 0 Å². The van der Waals surface area contributed by atoms with E-state index in [1.807, 2.05) is 6.92 Å². The molecule has 2 aromatic rings.